The van der Waals surface area contributed by atoms with Gasteiger partial charge in [0.1, 0.15) is 36.9 Å². The van der Waals surface area contributed by atoms with Crippen LogP contribution in [0.3, 0.4) is 0 Å². The number of hydrogen-bond acceptors (Lipinski definition) is 6. The second-order valence-electron chi connectivity index (χ2n) is 5.47. The number of benzene rings is 1. The van der Waals surface area contributed by atoms with Crippen LogP contribution in [0.4, 0.5) is 0 Å². The Balaban J connectivity index is 1.36. The SMILES string of the molecule is Brc1cc(OCCOCC2CO2)c(Br)cc1OCCOCC1CO1. The number of halogens is 2. The minimum Gasteiger partial charge on any atom is -0.490 e. The van der Waals surface area contributed by atoms with Gasteiger partial charge in [-0.2, -0.15) is 0 Å². The van der Waals surface area contributed by atoms with Gasteiger partial charge >= 0.3 is 0 Å². The summed E-state index contributed by atoms with van der Waals surface area (Å²) in [6.45, 7) is 4.91. The predicted molar refractivity (Wildman–Crippen MR) is 94.0 cm³/mol. The molecular weight excluding hydrogens is 448 g/mol. The van der Waals surface area contributed by atoms with E-state index in [0.29, 0.717) is 39.6 Å². The minimum atomic E-state index is 0.281. The van der Waals surface area contributed by atoms with E-state index in [1.807, 2.05) is 12.1 Å². The number of hydrogen-bond donors (Lipinski definition) is 0. The van der Waals surface area contributed by atoms with Crippen LogP contribution in [0, 0.1) is 0 Å². The Labute approximate surface area is 157 Å². The second-order valence-corrected chi connectivity index (χ2v) is 7.18. The summed E-state index contributed by atoms with van der Waals surface area (Å²) < 4.78 is 34.1. The Kier molecular flexibility index (Phi) is 7.18. The molecule has 8 heteroatoms. The quantitative estimate of drug-likeness (QED) is 0.348. The summed E-state index contributed by atoms with van der Waals surface area (Å²) in [5.74, 6) is 1.48. The molecule has 0 bridgehead atoms. The number of rotatable bonds is 12. The third-order valence-electron chi connectivity index (χ3n) is 3.37. The summed E-state index contributed by atoms with van der Waals surface area (Å²) in [6, 6.07) is 3.75. The van der Waals surface area contributed by atoms with Crippen LogP contribution in [-0.4, -0.2) is 65.1 Å². The Bertz CT molecular complexity index is 486. The molecule has 0 spiro atoms. The fourth-order valence-electron chi connectivity index (χ4n) is 1.91. The van der Waals surface area contributed by atoms with E-state index in [9.17, 15) is 0 Å². The molecule has 0 N–H and O–H groups in total. The van der Waals surface area contributed by atoms with Crippen LogP contribution in [0.25, 0.3) is 0 Å². The van der Waals surface area contributed by atoms with Crippen molar-refractivity contribution >= 4 is 31.9 Å². The van der Waals surface area contributed by atoms with Crippen LogP contribution in [0.15, 0.2) is 21.1 Å². The van der Waals surface area contributed by atoms with Crippen molar-refractivity contribution in [3.8, 4) is 11.5 Å². The summed E-state index contributed by atoms with van der Waals surface area (Å²) in [5, 5.41) is 0. The summed E-state index contributed by atoms with van der Waals surface area (Å²) in [6.07, 6.45) is 0.561. The molecule has 0 aromatic heterocycles. The minimum absolute atomic E-state index is 0.281. The lowest BCUT2D eigenvalue weighted by Crippen LogP contribution is -2.11. The Morgan fingerprint density at radius 1 is 0.792 bits per heavy atom. The molecule has 2 heterocycles. The smallest absolute Gasteiger partial charge is 0.134 e. The molecule has 6 nitrogen and oxygen atoms in total. The van der Waals surface area contributed by atoms with Crippen molar-refractivity contribution in [3.63, 3.8) is 0 Å². The first-order chi connectivity index (χ1) is 11.7. The molecule has 2 saturated heterocycles. The van der Waals surface area contributed by atoms with Gasteiger partial charge < -0.3 is 28.4 Å². The van der Waals surface area contributed by atoms with E-state index in [1.165, 1.54) is 0 Å². The maximum absolute atomic E-state index is 5.71. The monoisotopic (exact) mass is 466 g/mol. The van der Waals surface area contributed by atoms with Crippen molar-refractivity contribution < 1.29 is 28.4 Å². The Hall–Kier alpha value is -0.380. The maximum atomic E-state index is 5.71. The molecule has 0 radical (unpaired) electrons. The van der Waals surface area contributed by atoms with Crippen molar-refractivity contribution in [2.24, 2.45) is 0 Å². The van der Waals surface area contributed by atoms with E-state index >= 15 is 0 Å². The average molecular weight is 468 g/mol. The van der Waals surface area contributed by atoms with Crippen LogP contribution in [0.2, 0.25) is 0 Å². The van der Waals surface area contributed by atoms with Gasteiger partial charge in [-0.3, -0.25) is 0 Å². The third kappa shape index (κ3) is 6.50. The predicted octanol–water partition coefficient (Wildman–Crippen LogP) is 2.80. The zero-order chi connectivity index (χ0) is 16.8. The Morgan fingerprint density at radius 3 is 1.58 bits per heavy atom. The molecule has 3 rings (SSSR count). The lowest BCUT2D eigenvalue weighted by atomic mass is 10.3. The topological polar surface area (TPSA) is 62.0 Å². The van der Waals surface area contributed by atoms with E-state index in [-0.39, 0.29) is 12.2 Å². The normalized spacial score (nSPS) is 21.6. The van der Waals surface area contributed by atoms with E-state index < -0.39 is 0 Å². The molecule has 2 aliphatic heterocycles. The van der Waals surface area contributed by atoms with E-state index in [2.05, 4.69) is 31.9 Å². The fourth-order valence-corrected chi connectivity index (χ4v) is 2.78. The molecule has 1 aromatic carbocycles. The van der Waals surface area contributed by atoms with Gasteiger partial charge in [-0.05, 0) is 44.0 Å². The lowest BCUT2D eigenvalue weighted by molar-refractivity contribution is 0.0864. The van der Waals surface area contributed by atoms with Gasteiger partial charge in [0.2, 0.25) is 0 Å². The van der Waals surface area contributed by atoms with Crippen molar-refractivity contribution in [2.45, 2.75) is 12.2 Å². The van der Waals surface area contributed by atoms with Crippen LogP contribution in [0.1, 0.15) is 0 Å². The molecule has 2 atom stereocenters. The molecule has 2 aliphatic rings. The highest BCUT2D eigenvalue weighted by Gasteiger charge is 2.22. The number of epoxide rings is 2. The molecule has 2 unspecified atom stereocenters. The lowest BCUT2D eigenvalue weighted by Gasteiger charge is -2.13. The van der Waals surface area contributed by atoms with Gasteiger partial charge in [-0.25, -0.2) is 0 Å². The number of ether oxygens (including phenoxy) is 6. The average Bonchev–Trinajstić information content (AvgIpc) is 3.44. The van der Waals surface area contributed by atoms with Gasteiger partial charge in [0, 0.05) is 0 Å². The molecule has 134 valence electrons. The van der Waals surface area contributed by atoms with Crippen LogP contribution >= 0.6 is 31.9 Å². The van der Waals surface area contributed by atoms with Gasteiger partial charge in [-0.1, -0.05) is 0 Å². The maximum Gasteiger partial charge on any atom is 0.134 e. The van der Waals surface area contributed by atoms with E-state index in [4.69, 9.17) is 28.4 Å². The zero-order valence-corrected chi connectivity index (χ0v) is 16.3. The highest BCUT2D eigenvalue weighted by atomic mass is 79.9. The molecule has 1 aromatic rings. The fraction of sp³-hybridized carbons (Fsp3) is 0.625. The molecule has 0 aliphatic carbocycles. The van der Waals surface area contributed by atoms with Crippen LogP contribution < -0.4 is 9.47 Å². The summed E-state index contributed by atoms with van der Waals surface area (Å²) in [4.78, 5) is 0. The molecular formula is C16H20Br2O6. The van der Waals surface area contributed by atoms with Gasteiger partial charge in [-0.15, -0.1) is 0 Å². The first-order valence-electron chi connectivity index (χ1n) is 7.85. The highest BCUT2D eigenvalue weighted by molar-refractivity contribution is 9.11. The summed E-state index contributed by atoms with van der Waals surface area (Å²) in [5.41, 5.74) is 0. The first kappa shape index (κ1) is 18.4. The highest BCUT2D eigenvalue weighted by Crippen LogP contribution is 2.36. The molecule has 24 heavy (non-hydrogen) atoms. The van der Waals surface area contributed by atoms with Crippen LogP contribution in [0.5, 0.6) is 11.5 Å². The summed E-state index contributed by atoms with van der Waals surface area (Å²) >= 11 is 7.00. The van der Waals surface area contributed by atoms with Gasteiger partial charge in [0.15, 0.2) is 0 Å². The first-order valence-corrected chi connectivity index (χ1v) is 9.44. The molecule has 0 amide bonds. The van der Waals surface area contributed by atoms with Crippen molar-refractivity contribution in [1.82, 2.24) is 0 Å². The summed E-state index contributed by atoms with van der Waals surface area (Å²) in [7, 11) is 0. The van der Waals surface area contributed by atoms with Gasteiger partial charge in [0.25, 0.3) is 0 Å². The molecule has 0 saturated carbocycles. The van der Waals surface area contributed by atoms with E-state index in [1.54, 1.807) is 0 Å². The van der Waals surface area contributed by atoms with Crippen LogP contribution in [-0.2, 0) is 18.9 Å². The zero-order valence-electron chi connectivity index (χ0n) is 13.2. The Morgan fingerprint density at radius 2 is 1.21 bits per heavy atom. The van der Waals surface area contributed by atoms with Crippen molar-refractivity contribution in [3.05, 3.63) is 21.1 Å². The standard InChI is InChI=1S/C16H20Br2O6/c17-13-6-16(22-4-2-20-8-12-10-24-12)14(18)5-15(13)21-3-1-19-7-11-9-23-11/h5-6,11-12H,1-4,7-10H2. The largest absolute Gasteiger partial charge is 0.490 e. The second kappa shape index (κ2) is 9.35. The molecule has 2 fully saturated rings. The van der Waals surface area contributed by atoms with E-state index in [0.717, 1.165) is 33.7 Å². The van der Waals surface area contributed by atoms with Crippen molar-refractivity contribution in [2.75, 3.05) is 52.9 Å². The van der Waals surface area contributed by atoms with Crippen molar-refractivity contribution in [1.29, 1.82) is 0 Å². The van der Waals surface area contributed by atoms with Gasteiger partial charge in [0.05, 0.1) is 48.6 Å². The third-order valence-corrected chi connectivity index (χ3v) is 4.61.